The van der Waals surface area contributed by atoms with E-state index in [-0.39, 0.29) is 5.91 Å². The van der Waals surface area contributed by atoms with Crippen molar-refractivity contribution in [2.75, 3.05) is 26.2 Å². The molecule has 1 fully saturated rings. The molecule has 2 unspecified atom stereocenters. The Balaban J connectivity index is 1.77. The van der Waals surface area contributed by atoms with Crippen LogP contribution >= 0.6 is 0 Å². The molecule has 0 aromatic heterocycles. The van der Waals surface area contributed by atoms with Crippen molar-refractivity contribution in [3.63, 3.8) is 0 Å². The molecule has 1 aliphatic heterocycles. The van der Waals surface area contributed by atoms with Crippen LogP contribution < -0.4 is 10.5 Å². The third-order valence-electron chi connectivity index (χ3n) is 4.34. The predicted octanol–water partition coefficient (Wildman–Crippen LogP) is 2.21. The van der Waals surface area contributed by atoms with Crippen LogP contribution in [0.4, 0.5) is 0 Å². The van der Waals surface area contributed by atoms with Crippen molar-refractivity contribution in [3.8, 4) is 5.75 Å². The van der Waals surface area contributed by atoms with Gasteiger partial charge in [-0.05, 0) is 49.4 Å². The van der Waals surface area contributed by atoms with Gasteiger partial charge in [-0.2, -0.15) is 0 Å². The summed E-state index contributed by atoms with van der Waals surface area (Å²) in [5, 5.41) is 0. The first kappa shape index (κ1) is 15.8. The molecule has 2 N–H and O–H groups in total. The maximum absolute atomic E-state index is 12.2. The first-order chi connectivity index (χ1) is 10.1. The minimum absolute atomic E-state index is 0.174. The van der Waals surface area contributed by atoms with Crippen molar-refractivity contribution in [2.45, 2.75) is 26.7 Å². The monoisotopic (exact) mass is 290 g/mol. The van der Waals surface area contributed by atoms with Gasteiger partial charge in [-0.15, -0.1) is 0 Å². The molecule has 1 amide bonds. The second-order valence-corrected chi connectivity index (χ2v) is 6.02. The Morgan fingerprint density at radius 3 is 3.00 bits per heavy atom. The number of amides is 1. The van der Waals surface area contributed by atoms with Crippen molar-refractivity contribution < 1.29 is 9.53 Å². The van der Waals surface area contributed by atoms with Gasteiger partial charge < -0.3 is 15.4 Å². The number of rotatable bonds is 5. The van der Waals surface area contributed by atoms with Crippen molar-refractivity contribution in [3.05, 3.63) is 29.8 Å². The second kappa shape index (κ2) is 7.46. The number of carbonyl (C=O) groups is 1. The molecule has 0 aliphatic carbocycles. The van der Waals surface area contributed by atoms with Crippen LogP contribution in [0.2, 0.25) is 0 Å². The number of benzene rings is 1. The lowest BCUT2D eigenvalue weighted by Crippen LogP contribution is -2.45. The lowest BCUT2D eigenvalue weighted by Gasteiger charge is -2.36. The summed E-state index contributed by atoms with van der Waals surface area (Å²) < 4.78 is 5.65. The molecule has 0 bridgehead atoms. The molecule has 0 saturated carbocycles. The molecule has 1 aliphatic rings. The molecular weight excluding hydrogens is 264 g/mol. The van der Waals surface area contributed by atoms with Gasteiger partial charge in [-0.25, -0.2) is 0 Å². The summed E-state index contributed by atoms with van der Waals surface area (Å²) in [6.07, 6.45) is 1.48. The van der Waals surface area contributed by atoms with Crippen molar-refractivity contribution in [1.82, 2.24) is 4.90 Å². The average molecular weight is 290 g/mol. The van der Waals surface area contributed by atoms with E-state index in [0.29, 0.717) is 31.4 Å². The van der Waals surface area contributed by atoms with Crippen LogP contribution in [0.3, 0.4) is 0 Å². The number of hydrogen-bond donors (Lipinski definition) is 1. The molecule has 0 spiro atoms. The zero-order valence-corrected chi connectivity index (χ0v) is 13.0. The highest BCUT2D eigenvalue weighted by atomic mass is 16.5. The number of likely N-dealkylation sites (tertiary alicyclic amines) is 1. The Labute approximate surface area is 127 Å². The first-order valence-corrected chi connectivity index (χ1v) is 7.77. The van der Waals surface area contributed by atoms with Crippen LogP contribution in [0.25, 0.3) is 0 Å². The minimum Gasteiger partial charge on any atom is -0.493 e. The van der Waals surface area contributed by atoms with E-state index >= 15 is 0 Å². The first-order valence-electron chi connectivity index (χ1n) is 7.77. The number of nitrogens with two attached hydrogens (primary N) is 1. The second-order valence-electron chi connectivity index (χ2n) is 6.02. The number of piperidine rings is 1. The third-order valence-corrected chi connectivity index (χ3v) is 4.34. The van der Waals surface area contributed by atoms with Gasteiger partial charge in [0.05, 0.1) is 13.0 Å². The summed E-state index contributed by atoms with van der Waals surface area (Å²) in [6.45, 7) is 6.98. The van der Waals surface area contributed by atoms with E-state index in [2.05, 4.69) is 6.92 Å². The Morgan fingerprint density at radius 2 is 2.29 bits per heavy atom. The summed E-state index contributed by atoms with van der Waals surface area (Å²) >= 11 is 0. The molecule has 2 atom stereocenters. The molecule has 4 nitrogen and oxygen atoms in total. The lowest BCUT2D eigenvalue weighted by molar-refractivity contribution is -0.134. The van der Waals surface area contributed by atoms with Gasteiger partial charge in [-0.1, -0.05) is 19.1 Å². The molecule has 1 saturated heterocycles. The summed E-state index contributed by atoms with van der Waals surface area (Å²) in [7, 11) is 0. The van der Waals surface area contributed by atoms with E-state index in [1.807, 2.05) is 36.1 Å². The Bertz CT molecular complexity index is 476. The molecule has 1 aromatic rings. The summed E-state index contributed by atoms with van der Waals surface area (Å²) in [4.78, 5) is 14.2. The Hall–Kier alpha value is -1.55. The highest BCUT2D eigenvalue weighted by Gasteiger charge is 2.27. The zero-order chi connectivity index (χ0) is 15.2. The summed E-state index contributed by atoms with van der Waals surface area (Å²) in [5.41, 5.74) is 6.95. The predicted molar refractivity (Wildman–Crippen MR) is 84.2 cm³/mol. The normalized spacial score (nSPS) is 22.1. The van der Waals surface area contributed by atoms with Crippen LogP contribution in [0.5, 0.6) is 5.75 Å². The van der Waals surface area contributed by atoms with Crippen LogP contribution in [-0.2, 0) is 4.79 Å². The number of aryl methyl sites for hydroxylation is 1. The standard InChI is InChI=1S/C17H26N2O2/c1-13-4-3-5-16(10-13)21-9-7-17(20)19-8-6-14(2)15(11-18)12-19/h3-5,10,14-15H,6-9,11-12,18H2,1-2H3. The number of carbonyl (C=O) groups excluding carboxylic acids is 1. The molecule has 2 rings (SSSR count). The zero-order valence-electron chi connectivity index (χ0n) is 13.0. The largest absolute Gasteiger partial charge is 0.493 e. The number of hydrogen-bond acceptors (Lipinski definition) is 3. The fourth-order valence-electron chi connectivity index (χ4n) is 2.80. The number of ether oxygens (including phenoxy) is 1. The van der Waals surface area contributed by atoms with Gasteiger partial charge in [0.25, 0.3) is 0 Å². The molecular formula is C17H26N2O2. The minimum atomic E-state index is 0.174. The topological polar surface area (TPSA) is 55.6 Å². The lowest BCUT2D eigenvalue weighted by atomic mass is 9.87. The van der Waals surface area contributed by atoms with Gasteiger partial charge in [0.1, 0.15) is 5.75 Å². The SMILES string of the molecule is Cc1cccc(OCCC(=O)N2CCC(C)C(CN)C2)c1. The van der Waals surface area contributed by atoms with E-state index < -0.39 is 0 Å². The smallest absolute Gasteiger partial charge is 0.226 e. The van der Waals surface area contributed by atoms with Gasteiger partial charge >= 0.3 is 0 Å². The fourth-order valence-corrected chi connectivity index (χ4v) is 2.80. The summed E-state index contributed by atoms with van der Waals surface area (Å²) in [5.74, 6) is 2.05. The van der Waals surface area contributed by atoms with Crippen LogP contribution in [0, 0.1) is 18.8 Å². The molecule has 1 aromatic carbocycles. The third kappa shape index (κ3) is 4.46. The van der Waals surface area contributed by atoms with Crippen LogP contribution in [-0.4, -0.2) is 37.0 Å². The van der Waals surface area contributed by atoms with Gasteiger partial charge in [0, 0.05) is 13.1 Å². The number of nitrogens with zero attached hydrogens (tertiary/aromatic N) is 1. The molecule has 1 heterocycles. The Morgan fingerprint density at radius 1 is 1.48 bits per heavy atom. The molecule has 4 heteroatoms. The van der Waals surface area contributed by atoms with E-state index in [1.54, 1.807) is 0 Å². The van der Waals surface area contributed by atoms with Gasteiger partial charge in [0.2, 0.25) is 5.91 Å². The maximum atomic E-state index is 12.2. The maximum Gasteiger partial charge on any atom is 0.226 e. The molecule has 116 valence electrons. The summed E-state index contributed by atoms with van der Waals surface area (Å²) in [6, 6.07) is 7.90. The van der Waals surface area contributed by atoms with E-state index in [1.165, 1.54) is 0 Å². The molecule has 0 radical (unpaired) electrons. The quantitative estimate of drug-likeness (QED) is 0.904. The van der Waals surface area contributed by atoms with Crippen LogP contribution in [0.1, 0.15) is 25.3 Å². The van der Waals surface area contributed by atoms with E-state index in [4.69, 9.17) is 10.5 Å². The highest BCUT2D eigenvalue weighted by molar-refractivity contribution is 5.76. The van der Waals surface area contributed by atoms with Crippen LogP contribution in [0.15, 0.2) is 24.3 Å². The van der Waals surface area contributed by atoms with E-state index in [0.717, 1.165) is 30.8 Å². The van der Waals surface area contributed by atoms with Gasteiger partial charge in [-0.3, -0.25) is 4.79 Å². The van der Waals surface area contributed by atoms with Crippen molar-refractivity contribution in [1.29, 1.82) is 0 Å². The van der Waals surface area contributed by atoms with Gasteiger partial charge in [0.15, 0.2) is 0 Å². The fraction of sp³-hybridized carbons (Fsp3) is 0.588. The molecule has 21 heavy (non-hydrogen) atoms. The van der Waals surface area contributed by atoms with E-state index in [9.17, 15) is 4.79 Å². The van der Waals surface area contributed by atoms with Crippen molar-refractivity contribution >= 4 is 5.91 Å². The highest BCUT2D eigenvalue weighted by Crippen LogP contribution is 2.22. The Kier molecular flexibility index (Phi) is 5.62. The van der Waals surface area contributed by atoms with Crippen molar-refractivity contribution in [2.24, 2.45) is 17.6 Å². The average Bonchev–Trinajstić information content (AvgIpc) is 2.47.